The van der Waals surface area contributed by atoms with Gasteiger partial charge < -0.3 is 14.8 Å². The topological polar surface area (TPSA) is 48.8 Å². The zero-order valence-electron chi connectivity index (χ0n) is 11.4. The smallest absolute Gasteiger partial charge is 0.236 e. The highest BCUT2D eigenvalue weighted by Crippen LogP contribution is 2.25. The summed E-state index contributed by atoms with van der Waals surface area (Å²) in [7, 11) is 5.97. The van der Waals surface area contributed by atoms with Gasteiger partial charge in [0, 0.05) is 35.4 Å². The van der Waals surface area contributed by atoms with Crippen LogP contribution in [0.25, 0.3) is 21.9 Å². The largest absolute Gasteiger partial charge is 0.398 e. The van der Waals surface area contributed by atoms with Gasteiger partial charge in [0.1, 0.15) is 5.65 Å². The molecular formula is C16H13BN4. The summed E-state index contributed by atoms with van der Waals surface area (Å²) in [6, 6.07) is 12.0. The third-order valence-electron chi connectivity index (χ3n) is 3.86. The first-order chi connectivity index (χ1) is 10.2. The summed E-state index contributed by atoms with van der Waals surface area (Å²) in [6.45, 7) is 0.735. The second kappa shape index (κ2) is 4.41. The number of aromatic nitrogens is 3. The van der Waals surface area contributed by atoms with Crippen molar-refractivity contribution in [2.75, 3.05) is 5.73 Å². The fraction of sp³-hybridized carbons (Fsp3) is 0.0625. The van der Waals surface area contributed by atoms with Crippen LogP contribution in [0.15, 0.2) is 55.0 Å². The van der Waals surface area contributed by atoms with E-state index in [1.54, 1.807) is 10.7 Å². The molecule has 0 fully saturated rings. The molecule has 0 atom stereocenters. The molecule has 0 amide bonds. The van der Waals surface area contributed by atoms with E-state index >= 15 is 0 Å². The molecular weight excluding hydrogens is 259 g/mol. The van der Waals surface area contributed by atoms with Crippen LogP contribution in [0.3, 0.4) is 0 Å². The molecule has 2 radical (unpaired) electrons. The van der Waals surface area contributed by atoms with Gasteiger partial charge >= 0.3 is 0 Å². The Morgan fingerprint density at radius 1 is 1.10 bits per heavy atom. The highest BCUT2D eigenvalue weighted by molar-refractivity contribution is 6.11. The van der Waals surface area contributed by atoms with Gasteiger partial charge in [0.05, 0.1) is 5.52 Å². The monoisotopic (exact) mass is 272 g/mol. The fourth-order valence-electron chi connectivity index (χ4n) is 2.85. The molecule has 4 aromatic rings. The maximum absolute atomic E-state index is 6.01. The summed E-state index contributed by atoms with van der Waals surface area (Å²) >= 11 is 0. The molecule has 21 heavy (non-hydrogen) atoms. The van der Waals surface area contributed by atoms with Crippen molar-refractivity contribution in [3.05, 3.63) is 60.6 Å². The molecule has 5 heteroatoms. The van der Waals surface area contributed by atoms with E-state index < -0.39 is 0 Å². The lowest BCUT2D eigenvalue weighted by molar-refractivity contribution is 0.841. The molecule has 4 nitrogen and oxygen atoms in total. The van der Waals surface area contributed by atoms with Crippen molar-refractivity contribution < 1.29 is 0 Å². The Balaban J connectivity index is 1.85. The molecule has 1 aromatic carbocycles. The van der Waals surface area contributed by atoms with E-state index in [0.717, 1.165) is 39.7 Å². The second-order valence-corrected chi connectivity index (χ2v) is 5.16. The minimum atomic E-state index is 0.735. The summed E-state index contributed by atoms with van der Waals surface area (Å²) in [5.74, 6) is 0. The van der Waals surface area contributed by atoms with Gasteiger partial charge in [0.25, 0.3) is 0 Å². The SMILES string of the molecule is [B]n1cc(Cn2ccc3c(N)cccc32)c2cccnc21. The van der Waals surface area contributed by atoms with Crippen LogP contribution in [0.5, 0.6) is 0 Å². The lowest BCUT2D eigenvalue weighted by Gasteiger charge is -2.05. The van der Waals surface area contributed by atoms with E-state index in [4.69, 9.17) is 13.7 Å². The van der Waals surface area contributed by atoms with E-state index in [0.29, 0.717) is 0 Å². The number of nitrogens with zero attached hydrogens (tertiary/aromatic N) is 3. The summed E-state index contributed by atoms with van der Waals surface area (Å²) in [6.07, 6.45) is 5.73. The maximum Gasteiger partial charge on any atom is 0.236 e. The van der Waals surface area contributed by atoms with Crippen LogP contribution >= 0.6 is 0 Å². The third-order valence-corrected chi connectivity index (χ3v) is 3.86. The zero-order chi connectivity index (χ0) is 14.4. The highest BCUT2D eigenvalue weighted by atomic mass is 15.0. The molecule has 0 saturated carbocycles. The van der Waals surface area contributed by atoms with Crippen LogP contribution < -0.4 is 5.73 Å². The molecule has 3 aromatic heterocycles. The third kappa shape index (κ3) is 1.81. The molecule has 0 aliphatic rings. The van der Waals surface area contributed by atoms with Crippen LogP contribution in [0, 0.1) is 0 Å². The normalized spacial score (nSPS) is 11.4. The first-order valence-electron chi connectivity index (χ1n) is 6.77. The quantitative estimate of drug-likeness (QED) is 0.450. The lowest BCUT2D eigenvalue weighted by Crippen LogP contribution is -1.97. The lowest BCUT2D eigenvalue weighted by atomic mass is 10.2. The zero-order valence-corrected chi connectivity index (χ0v) is 11.4. The minimum Gasteiger partial charge on any atom is -0.398 e. The van der Waals surface area contributed by atoms with Gasteiger partial charge in [-0.15, -0.1) is 0 Å². The summed E-state index contributed by atoms with van der Waals surface area (Å²) in [5, 5.41) is 2.15. The Morgan fingerprint density at radius 2 is 2.00 bits per heavy atom. The number of rotatable bonds is 2. The second-order valence-electron chi connectivity index (χ2n) is 5.16. The van der Waals surface area contributed by atoms with Gasteiger partial charge in [-0.1, -0.05) is 6.07 Å². The van der Waals surface area contributed by atoms with Gasteiger partial charge in [-0.25, -0.2) is 4.98 Å². The molecule has 4 rings (SSSR count). The number of nitrogen functional groups attached to an aromatic ring is 1. The number of hydrogen-bond acceptors (Lipinski definition) is 2. The van der Waals surface area contributed by atoms with E-state index in [9.17, 15) is 0 Å². The number of nitrogens with two attached hydrogens (primary N) is 1. The van der Waals surface area contributed by atoms with Crippen molar-refractivity contribution in [2.24, 2.45) is 0 Å². The first kappa shape index (κ1) is 12.1. The van der Waals surface area contributed by atoms with Crippen molar-refractivity contribution >= 4 is 35.6 Å². The standard InChI is InChI=1S/C16H13BN4/c17-21-10-11(12-3-2-7-19-16(12)21)9-20-8-6-13-14(18)4-1-5-15(13)20/h1-8,10H,9,18H2. The van der Waals surface area contributed by atoms with Gasteiger partial charge in [-0.2, -0.15) is 0 Å². The molecule has 0 bridgehead atoms. The van der Waals surface area contributed by atoms with Crippen molar-refractivity contribution in [2.45, 2.75) is 6.54 Å². The molecule has 0 aliphatic heterocycles. The maximum atomic E-state index is 6.01. The summed E-state index contributed by atoms with van der Waals surface area (Å²) in [5.41, 5.74) is 9.87. The van der Waals surface area contributed by atoms with Gasteiger partial charge in [0.15, 0.2) is 0 Å². The number of benzene rings is 1. The van der Waals surface area contributed by atoms with Gasteiger partial charge in [0.2, 0.25) is 7.98 Å². The Labute approximate surface area is 123 Å². The van der Waals surface area contributed by atoms with E-state index in [1.165, 1.54) is 0 Å². The molecule has 0 spiro atoms. The van der Waals surface area contributed by atoms with E-state index in [1.807, 2.05) is 36.5 Å². The minimum absolute atomic E-state index is 0.735. The number of hydrogen-bond donors (Lipinski definition) is 1. The van der Waals surface area contributed by atoms with Crippen LogP contribution in [0.1, 0.15) is 5.56 Å². The van der Waals surface area contributed by atoms with Crippen molar-refractivity contribution in [1.29, 1.82) is 0 Å². The van der Waals surface area contributed by atoms with E-state index in [-0.39, 0.29) is 0 Å². The number of anilines is 1. The van der Waals surface area contributed by atoms with E-state index in [2.05, 4.69) is 21.8 Å². The predicted octanol–water partition coefficient (Wildman–Crippen LogP) is 2.55. The number of fused-ring (bicyclic) bond motifs is 2. The molecule has 0 saturated heterocycles. The molecule has 100 valence electrons. The highest BCUT2D eigenvalue weighted by Gasteiger charge is 2.09. The number of pyridine rings is 1. The summed E-state index contributed by atoms with van der Waals surface area (Å²) in [4.78, 5) is 4.32. The molecule has 2 N–H and O–H groups in total. The Hall–Kier alpha value is -2.69. The van der Waals surface area contributed by atoms with Crippen LogP contribution in [-0.4, -0.2) is 22.0 Å². The van der Waals surface area contributed by atoms with Crippen molar-refractivity contribution in [3.8, 4) is 0 Å². The molecule has 0 aliphatic carbocycles. The molecule has 3 heterocycles. The van der Waals surface area contributed by atoms with Crippen LogP contribution in [-0.2, 0) is 6.54 Å². The van der Waals surface area contributed by atoms with Crippen molar-refractivity contribution in [3.63, 3.8) is 0 Å². The van der Waals surface area contributed by atoms with Crippen molar-refractivity contribution in [1.82, 2.24) is 14.0 Å². The summed E-state index contributed by atoms with van der Waals surface area (Å²) < 4.78 is 3.75. The Morgan fingerprint density at radius 3 is 2.90 bits per heavy atom. The molecule has 0 unspecified atom stereocenters. The van der Waals surface area contributed by atoms with Gasteiger partial charge in [-0.3, -0.25) is 0 Å². The average molecular weight is 272 g/mol. The average Bonchev–Trinajstić information content (AvgIpc) is 3.04. The van der Waals surface area contributed by atoms with Crippen LogP contribution in [0.2, 0.25) is 0 Å². The predicted molar refractivity (Wildman–Crippen MR) is 86.3 cm³/mol. The van der Waals surface area contributed by atoms with Gasteiger partial charge in [-0.05, 0) is 42.1 Å². The first-order valence-corrected chi connectivity index (χ1v) is 6.77. The van der Waals surface area contributed by atoms with Crippen LogP contribution in [0.4, 0.5) is 5.69 Å². The fourth-order valence-corrected chi connectivity index (χ4v) is 2.85. The Kier molecular flexibility index (Phi) is 2.54. The Bertz CT molecular complexity index is 951.